The maximum Gasteiger partial charge on any atom is 0.244 e. The van der Waals surface area contributed by atoms with E-state index in [0.29, 0.717) is 5.36 Å². The van der Waals surface area contributed by atoms with Crippen LogP contribution in [0.5, 0.6) is 0 Å². The predicted octanol–water partition coefficient (Wildman–Crippen LogP) is -0.961. The highest BCUT2D eigenvalue weighted by Gasteiger charge is 2.22. The summed E-state index contributed by atoms with van der Waals surface area (Å²) in [5, 5.41) is 9.46. The van der Waals surface area contributed by atoms with Crippen molar-refractivity contribution in [1.82, 2.24) is 4.31 Å². The van der Waals surface area contributed by atoms with Crippen molar-refractivity contribution in [2.45, 2.75) is 11.1 Å². The Balaban J connectivity index is 2.77. The molecule has 0 radical (unpaired) electrons. The second-order valence-electron chi connectivity index (χ2n) is 3.67. The molecule has 0 bridgehead atoms. The molecule has 0 amide bonds. The molecule has 1 unspecified atom stereocenters. The largest absolute Gasteiger partial charge is 0.244 e. The minimum atomic E-state index is -3.56. The quantitative estimate of drug-likeness (QED) is 0.677. The summed E-state index contributed by atoms with van der Waals surface area (Å²) in [6, 6.07) is 6.58. The fourth-order valence-electron chi connectivity index (χ4n) is 1.49. The number of rotatable bonds is 2. The van der Waals surface area contributed by atoms with Crippen LogP contribution >= 0.6 is 0 Å². The molecule has 1 aliphatic heterocycles. The Bertz CT molecular complexity index is 716. The van der Waals surface area contributed by atoms with E-state index in [0.717, 1.165) is 4.31 Å². The molecule has 0 N–H and O–H groups in total. The van der Waals surface area contributed by atoms with Gasteiger partial charge in [0.25, 0.3) is 0 Å². The van der Waals surface area contributed by atoms with Gasteiger partial charge in [0.1, 0.15) is 16.3 Å². The zero-order valence-electron chi connectivity index (χ0n) is 9.32. The fourth-order valence-corrected chi connectivity index (χ4v) is 2.54. The molecule has 17 heavy (non-hydrogen) atoms. The number of para-hydroxylation sites is 1. The van der Waals surface area contributed by atoms with Crippen LogP contribution in [0.1, 0.15) is 0 Å². The van der Waals surface area contributed by atoms with Crippen LogP contribution in [-0.2, 0) is 10.0 Å². The summed E-state index contributed by atoms with van der Waals surface area (Å²) < 4.78 is 25.2. The Morgan fingerprint density at radius 1 is 1.35 bits per heavy atom. The number of fused-ring (bicyclic) bond motifs is 1. The predicted molar refractivity (Wildman–Crippen MR) is 59.0 cm³/mol. The second kappa shape index (κ2) is 3.91. The average Bonchev–Trinajstić information content (AvgIpc) is 2.70. The highest BCUT2D eigenvalue weighted by molar-refractivity contribution is 7.89. The lowest BCUT2D eigenvalue weighted by atomic mass is 10.3. The molecule has 0 spiro atoms. The van der Waals surface area contributed by atoms with Crippen molar-refractivity contribution in [2.75, 3.05) is 14.1 Å². The summed E-state index contributed by atoms with van der Waals surface area (Å²) in [6.07, 6.45) is -0.844. The lowest BCUT2D eigenvalue weighted by molar-refractivity contribution is 0.519. The number of nitrogens with zero attached hydrogens (tertiary/aromatic N) is 4. The number of hydrogen-bond acceptors (Lipinski definition) is 5. The van der Waals surface area contributed by atoms with Crippen LogP contribution in [0.2, 0.25) is 0 Å². The average molecular weight is 250 g/mol. The lowest BCUT2D eigenvalue weighted by Crippen LogP contribution is -2.33. The Morgan fingerprint density at radius 2 is 2.06 bits per heavy atom. The fraction of sp³-hybridized carbons (Fsp3) is 0.300. The topological polar surface area (TPSA) is 85.9 Å². The van der Waals surface area contributed by atoms with Gasteiger partial charge >= 0.3 is 0 Å². The van der Waals surface area contributed by atoms with Crippen molar-refractivity contribution in [3.8, 4) is 6.07 Å². The van der Waals surface area contributed by atoms with Gasteiger partial charge in [-0.05, 0) is 12.1 Å². The van der Waals surface area contributed by atoms with Gasteiger partial charge in [0, 0.05) is 14.1 Å². The minimum absolute atomic E-state index is 0.0847. The van der Waals surface area contributed by atoms with Gasteiger partial charge in [-0.3, -0.25) is 0 Å². The molecule has 1 aromatic carbocycles. The van der Waals surface area contributed by atoms with Crippen molar-refractivity contribution < 1.29 is 8.42 Å². The van der Waals surface area contributed by atoms with E-state index < -0.39 is 16.2 Å². The van der Waals surface area contributed by atoms with Crippen LogP contribution in [0.3, 0.4) is 0 Å². The van der Waals surface area contributed by atoms with Crippen molar-refractivity contribution in [3.05, 3.63) is 28.9 Å². The summed E-state index contributed by atoms with van der Waals surface area (Å²) in [5.74, 6) is 0. The van der Waals surface area contributed by atoms with Gasteiger partial charge in [0.05, 0.1) is 5.36 Å². The van der Waals surface area contributed by atoms with Crippen molar-refractivity contribution >= 4 is 10.0 Å². The van der Waals surface area contributed by atoms with Crippen molar-refractivity contribution in [3.63, 3.8) is 0 Å². The van der Waals surface area contributed by atoms with E-state index in [1.807, 2.05) is 6.07 Å². The number of benzene rings is 1. The molecule has 0 saturated heterocycles. The normalized spacial score (nSPS) is 18.1. The number of hydrogen-bond donors (Lipinski definition) is 0. The lowest BCUT2D eigenvalue weighted by Gasteiger charge is -2.10. The third-order valence-corrected chi connectivity index (χ3v) is 4.21. The highest BCUT2D eigenvalue weighted by Crippen LogP contribution is 2.07. The van der Waals surface area contributed by atoms with Crippen LogP contribution < -0.4 is 10.7 Å². The van der Waals surface area contributed by atoms with Crippen LogP contribution in [0.4, 0.5) is 0 Å². The zero-order chi connectivity index (χ0) is 12.6. The Hall–Kier alpha value is -1.78. The molecule has 6 nitrogen and oxygen atoms in total. The van der Waals surface area contributed by atoms with Crippen molar-refractivity contribution in [2.24, 2.45) is 9.98 Å². The molecule has 7 heteroatoms. The molecular weight excluding hydrogens is 240 g/mol. The number of nitriles is 1. The molecule has 2 rings (SSSR count). The van der Waals surface area contributed by atoms with Gasteiger partial charge in [-0.2, -0.15) is 5.26 Å². The monoisotopic (exact) mass is 250 g/mol. The Morgan fingerprint density at radius 3 is 2.65 bits per heavy atom. The molecular formula is C10H10N4O2S. The van der Waals surface area contributed by atoms with Crippen LogP contribution in [0.15, 0.2) is 33.1 Å². The molecule has 1 aromatic rings. The Kier molecular flexibility index (Phi) is 2.69. The minimum Gasteiger partial charge on any atom is -0.242 e. The first-order valence-corrected chi connectivity index (χ1v) is 6.27. The SMILES string of the molecule is CN(C)S(=O)(=O)c1cccc2c1=NC(C#N)N=2. The summed E-state index contributed by atoms with van der Waals surface area (Å²) in [4.78, 5) is 8.06. The van der Waals surface area contributed by atoms with E-state index in [-0.39, 0.29) is 10.3 Å². The molecule has 1 heterocycles. The summed E-state index contributed by atoms with van der Waals surface area (Å²) in [5.41, 5.74) is 0. The van der Waals surface area contributed by atoms with Gasteiger partial charge in [0.15, 0.2) is 0 Å². The second-order valence-corrected chi connectivity index (χ2v) is 5.79. The molecule has 1 aliphatic rings. The molecule has 0 aliphatic carbocycles. The molecule has 0 saturated carbocycles. The van der Waals surface area contributed by atoms with E-state index in [9.17, 15) is 8.42 Å². The maximum atomic E-state index is 12.0. The molecule has 1 atom stereocenters. The first-order valence-electron chi connectivity index (χ1n) is 4.83. The molecule has 0 aromatic heterocycles. The van der Waals surface area contributed by atoms with E-state index >= 15 is 0 Å². The summed E-state index contributed by atoms with van der Waals surface area (Å²) in [6.45, 7) is 0. The van der Waals surface area contributed by atoms with Crippen LogP contribution in [0, 0.1) is 11.3 Å². The molecule has 88 valence electrons. The first-order chi connectivity index (χ1) is 7.96. The van der Waals surface area contributed by atoms with Crippen molar-refractivity contribution in [1.29, 1.82) is 5.26 Å². The third kappa shape index (κ3) is 1.81. The van der Waals surface area contributed by atoms with Crippen LogP contribution in [0.25, 0.3) is 0 Å². The Labute approximate surface area is 98.6 Å². The summed E-state index contributed by atoms with van der Waals surface area (Å²) >= 11 is 0. The van der Waals surface area contributed by atoms with Gasteiger partial charge in [-0.15, -0.1) is 0 Å². The van der Waals surface area contributed by atoms with E-state index in [2.05, 4.69) is 9.98 Å². The van der Waals surface area contributed by atoms with Gasteiger partial charge in [0.2, 0.25) is 16.2 Å². The summed E-state index contributed by atoms with van der Waals surface area (Å²) in [7, 11) is -0.670. The van der Waals surface area contributed by atoms with Gasteiger partial charge in [-0.1, -0.05) is 6.07 Å². The van der Waals surface area contributed by atoms with Gasteiger partial charge < -0.3 is 0 Å². The zero-order valence-corrected chi connectivity index (χ0v) is 10.1. The standard InChI is InChI=1S/C10H10N4O2S/c1-14(2)17(15,16)8-5-3-4-7-10(8)13-9(6-11)12-7/h3-5,9H,1-2H3. The smallest absolute Gasteiger partial charge is 0.242 e. The van der Waals surface area contributed by atoms with E-state index in [4.69, 9.17) is 5.26 Å². The van der Waals surface area contributed by atoms with Gasteiger partial charge in [-0.25, -0.2) is 22.7 Å². The number of sulfonamides is 1. The highest BCUT2D eigenvalue weighted by atomic mass is 32.2. The third-order valence-electron chi connectivity index (χ3n) is 2.36. The van der Waals surface area contributed by atoms with Crippen LogP contribution in [-0.4, -0.2) is 33.0 Å². The van der Waals surface area contributed by atoms with E-state index in [1.54, 1.807) is 12.1 Å². The maximum absolute atomic E-state index is 12.0. The first kappa shape index (κ1) is 11.7. The van der Waals surface area contributed by atoms with E-state index in [1.165, 1.54) is 20.2 Å². The molecule has 0 fully saturated rings.